The summed E-state index contributed by atoms with van der Waals surface area (Å²) in [5.74, 6) is -0.342. The number of carbonyl (C=O) groups is 1. The minimum Gasteiger partial charge on any atom is -0.408 e. The van der Waals surface area contributed by atoms with Gasteiger partial charge in [0.1, 0.15) is 0 Å². The van der Waals surface area contributed by atoms with E-state index in [0.29, 0.717) is 30.7 Å². The van der Waals surface area contributed by atoms with Crippen LogP contribution in [-0.4, -0.2) is 23.9 Å². The highest BCUT2D eigenvalue weighted by molar-refractivity contribution is 5.98. The Bertz CT molecular complexity index is 625. The number of Topliss-reactive ketones (excluding diaryl/α,β-unsaturated/α-hetero) is 1. The van der Waals surface area contributed by atoms with Crippen LogP contribution in [0.15, 0.2) is 27.4 Å². The Morgan fingerprint density at radius 1 is 1.44 bits per heavy atom. The molecule has 5 nitrogen and oxygen atoms in total. The van der Waals surface area contributed by atoms with Crippen molar-refractivity contribution >= 4 is 16.9 Å². The first-order valence-electron chi connectivity index (χ1n) is 5.98. The molecule has 2 rings (SSSR count). The second kappa shape index (κ2) is 5.18. The lowest BCUT2D eigenvalue weighted by molar-refractivity contribution is 0.0983. The van der Waals surface area contributed by atoms with Gasteiger partial charge in [-0.05, 0) is 32.2 Å². The molecular formula is C13H16N2O3. The van der Waals surface area contributed by atoms with Gasteiger partial charge in [-0.2, -0.15) is 0 Å². The fourth-order valence-electron chi connectivity index (χ4n) is 1.92. The van der Waals surface area contributed by atoms with Crippen molar-refractivity contribution in [2.45, 2.75) is 19.9 Å². The number of ketones is 1. The zero-order chi connectivity index (χ0) is 13.1. The van der Waals surface area contributed by atoms with Crippen LogP contribution in [0.4, 0.5) is 0 Å². The maximum absolute atomic E-state index is 11.8. The van der Waals surface area contributed by atoms with Gasteiger partial charge >= 0.3 is 5.76 Å². The SMILES string of the molecule is CCn1c(=O)oc2cc(C(=O)CCNC)ccc21. The Morgan fingerprint density at radius 2 is 2.22 bits per heavy atom. The van der Waals surface area contributed by atoms with Gasteiger partial charge in [-0.15, -0.1) is 0 Å². The maximum Gasteiger partial charge on any atom is 0.419 e. The minimum absolute atomic E-state index is 0.0400. The standard InChI is InChI=1S/C13H16N2O3/c1-3-15-10-5-4-9(11(16)6-7-14-2)8-12(10)18-13(15)17/h4-5,8,14H,3,6-7H2,1-2H3. The van der Waals surface area contributed by atoms with Crippen LogP contribution in [0, 0.1) is 0 Å². The highest BCUT2D eigenvalue weighted by atomic mass is 16.4. The molecule has 1 heterocycles. The van der Waals surface area contributed by atoms with Gasteiger partial charge in [0.15, 0.2) is 11.4 Å². The summed E-state index contributed by atoms with van der Waals surface area (Å²) in [6.07, 6.45) is 0.431. The molecule has 0 unspecified atom stereocenters. The fraction of sp³-hybridized carbons (Fsp3) is 0.385. The van der Waals surface area contributed by atoms with Crippen LogP contribution in [0.3, 0.4) is 0 Å². The quantitative estimate of drug-likeness (QED) is 0.812. The number of oxazole rings is 1. The van der Waals surface area contributed by atoms with E-state index in [0.717, 1.165) is 5.52 Å². The summed E-state index contributed by atoms with van der Waals surface area (Å²) in [7, 11) is 1.80. The molecule has 0 aliphatic heterocycles. The number of hydrogen-bond acceptors (Lipinski definition) is 4. The molecule has 5 heteroatoms. The van der Waals surface area contributed by atoms with Crippen molar-refractivity contribution in [3.63, 3.8) is 0 Å². The first kappa shape index (κ1) is 12.6. The average molecular weight is 248 g/mol. The first-order chi connectivity index (χ1) is 8.67. The highest BCUT2D eigenvalue weighted by Gasteiger charge is 2.11. The lowest BCUT2D eigenvalue weighted by Crippen LogP contribution is -2.13. The summed E-state index contributed by atoms with van der Waals surface area (Å²) in [4.78, 5) is 23.4. The lowest BCUT2D eigenvalue weighted by Gasteiger charge is -2.01. The molecule has 1 aromatic carbocycles. The summed E-state index contributed by atoms with van der Waals surface area (Å²) in [6, 6.07) is 5.14. The second-order valence-corrected chi connectivity index (χ2v) is 4.07. The molecule has 0 atom stereocenters. The van der Waals surface area contributed by atoms with Gasteiger partial charge in [-0.3, -0.25) is 9.36 Å². The molecule has 0 fully saturated rings. The third-order valence-corrected chi connectivity index (χ3v) is 2.91. The Kier molecular flexibility index (Phi) is 3.62. The zero-order valence-corrected chi connectivity index (χ0v) is 10.5. The molecule has 1 aromatic heterocycles. The maximum atomic E-state index is 11.8. The van der Waals surface area contributed by atoms with Crippen molar-refractivity contribution in [3.05, 3.63) is 34.3 Å². The van der Waals surface area contributed by atoms with Crippen molar-refractivity contribution in [1.82, 2.24) is 9.88 Å². The number of carbonyl (C=O) groups excluding carboxylic acids is 1. The zero-order valence-electron chi connectivity index (χ0n) is 10.5. The fourth-order valence-corrected chi connectivity index (χ4v) is 1.92. The molecule has 0 amide bonds. The van der Waals surface area contributed by atoms with Gasteiger partial charge in [-0.1, -0.05) is 0 Å². The average Bonchev–Trinajstić information content (AvgIpc) is 2.69. The third-order valence-electron chi connectivity index (χ3n) is 2.91. The van der Waals surface area contributed by atoms with E-state index in [2.05, 4.69) is 5.32 Å². The van der Waals surface area contributed by atoms with E-state index >= 15 is 0 Å². The van der Waals surface area contributed by atoms with Gasteiger partial charge in [0, 0.05) is 25.1 Å². The highest BCUT2D eigenvalue weighted by Crippen LogP contribution is 2.16. The third kappa shape index (κ3) is 2.22. The van der Waals surface area contributed by atoms with E-state index in [9.17, 15) is 9.59 Å². The molecule has 2 aromatic rings. The summed E-state index contributed by atoms with van der Waals surface area (Å²) >= 11 is 0. The second-order valence-electron chi connectivity index (χ2n) is 4.07. The van der Waals surface area contributed by atoms with Gasteiger partial charge in [0.25, 0.3) is 0 Å². The number of aryl methyl sites for hydroxylation is 1. The van der Waals surface area contributed by atoms with Gasteiger partial charge in [0.2, 0.25) is 0 Å². The molecule has 0 radical (unpaired) electrons. The van der Waals surface area contributed by atoms with Crippen LogP contribution in [0.5, 0.6) is 0 Å². The number of nitrogens with one attached hydrogen (secondary N) is 1. The van der Waals surface area contributed by atoms with Crippen molar-refractivity contribution in [2.24, 2.45) is 0 Å². The van der Waals surface area contributed by atoms with Crippen LogP contribution >= 0.6 is 0 Å². The van der Waals surface area contributed by atoms with E-state index in [4.69, 9.17) is 4.42 Å². The van der Waals surface area contributed by atoms with Crippen molar-refractivity contribution in [2.75, 3.05) is 13.6 Å². The van der Waals surface area contributed by atoms with E-state index in [1.54, 1.807) is 25.2 Å². The number of hydrogen-bond donors (Lipinski definition) is 1. The molecule has 1 N–H and O–H groups in total. The summed E-state index contributed by atoms with van der Waals surface area (Å²) in [6.45, 7) is 3.07. The van der Waals surface area contributed by atoms with E-state index in [1.165, 1.54) is 4.57 Å². The molecule has 0 spiro atoms. The predicted octanol–water partition coefficient (Wildman–Crippen LogP) is 1.41. The lowest BCUT2D eigenvalue weighted by atomic mass is 10.1. The van der Waals surface area contributed by atoms with E-state index in [-0.39, 0.29) is 11.5 Å². The van der Waals surface area contributed by atoms with Gasteiger partial charge in [0.05, 0.1) is 5.52 Å². The Labute approximate surface area is 104 Å². The molecule has 0 aliphatic carbocycles. The topological polar surface area (TPSA) is 64.2 Å². The summed E-state index contributed by atoms with van der Waals surface area (Å²) < 4.78 is 6.66. The van der Waals surface area contributed by atoms with Crippen LogP contribution < -0.4 is 11.1 Å². The van der Waals surface area contributed by atoms with E-state index < -0.39 is 0 Å². The van der Waals surface area contributed by atoms with Crippen LogP contribution in [0.25, 0.3) is 11.1 Å². The number of nitrogens with zero attached hydrogens (tertiary/aromatic N) is 1. The Balaban J connectivity index is 2.39. The largest absolute Gasteiger partial charge is 0.419 e. The monoisotopic (exact) mass is 248 g/mol. The number of fused-ring (bicyclic) bond motifs is 1. The molecule has 0 saturated heterocycles. The predicted molar refractivity (Wildman–Crippen MR) is 69.0 cm³/mol. The van der Waals surface area contributed by atoms with Crippen LogP contribution in [0.2, 0.25) is 0 Å². The summed E-state index contributed by atoms with van der Waals surface area (Å²) in [5.41, 5.74) is 1.78. The molecule has 0 bridgehead atoms. The molecular weight excluding hydrogens is 232 g/mol. The number of aromatic nitrogens is 1. The Morgan fingerprint density at radius 3 is 2.89 bits per heavy atom. The minimum atomic E-state index is -0.382. The van der Waals surface area contributed by atoms with Crippen LogP contribution in [-0.2, 0) is 6.54 Å². The van der Waals surface area contributed by atoms with E-state index in [1.807, 2.05) is 6.92 Å². The molecule has 96 valence electrons. The first-order valence-corrected chi connectivity index (χ1v) is 5.98. The van der Waals surface area contributed by atoms with Crippen molar-refractivity contribution < 1.29 is 9.21 Å². The normalized spacial score (nSPS) is 11.0. The molecule has 18 heavy (non-hydrogen) atoms. The van der Waals surface area contributed by atoms with Crippen molar-refractivity contribution in [3.8, 4) is 0 Å². The number of benzene rings is 1. The smallest absolute Gasteiger partial charge is 0.408 e. The van der Waals surface area contributed by atoms with Gasteiger partial charge in [-0.25, -0.2) is 4.79 Å². The van der Waals surface area contributed by atoms with Crippen LogP contribution in [0.1, 0.15) is 23.7 Å². The van der Waals surface area contributed by atoms with Gasteiger partial charge < -0.3 is 9.73 Å². The summed E-state index contributed by atoms with van der Waals surface area (Å²) in [5, 5.41) is 2.93. The van der Waals surface area contributed by atoms with Crippen molar-refractivity contribution in [1.29, 1.82) is 0 Å². The Hall–Kier alpha value is -1.88. The molecule has 0 saturated carbocycles. The number of rotatable bonds is 5. The molecule has 0 aliphatic rings.